The lowest BCUT2D eigenvalue weighted by molar-refractivity contribution is -0.129. The van der Waals surface area contributed by atoms with Gasteiger partial charge in [0.25, 0.3) is 0 Å². The maximum absolute atomic E-state index is 11.8. The van der Waals surface area contributed by atoms with Crippen molar-refractivity contribution in [3.63, 3.8) is 0 Å². The molecule has 0 aliphatic carbocycles. The van der Waals surface area contributed by atoms with Gasteiger partial charge in [-0.2, -0.15) is 0 Å². The molecule has 2 N–H and O–H groups in total. The molecule has 1 aliphatic rings. The molecule has 0 aromatic rings. The molecule has 1 heterocycles. The minimum Gasteiger partial charge on any atom is -0.357 e. The third-order valence-electron chi connectivity index (χ3n) is 3.63. The molecule has 1 amide bonds. The summed E-state index contributed by atoms with van der Waals surface area (Å²) in [7, 11) is 0. The predicted octanol–water partition coefficient (Wildman–Crippen LogP) is 2.36. The number of nitrogens with one attached hydrogen (secondary N) is 2. The molecule has 1 unspecified atom stereocenters. The van der Waals surface area contributed by atoms with Crippen molar-refractivity contribution in [1.82, 2.24) is 15.5 Å². The molecule has 1 rings (SSSR count). The zero-order valence-electron chi connectivity index (χ0n) is 13.7. The minimum absolute atomic E-state index is 0. The third kappa shape index (κ3) is 7.33. The van der Waals surface area contributed by atoms with E-state index in [2.05, 4.69) is 41.3 Å². The van der Waals surface area contributed by atoms with Crippen LogP contribution < -0.4 is 10.6 Å². The number of carbonyl (C=O) groups is 1. The Hall–Kier alpha value is -0.530. The summed E-state index contributed by atoms with van der Waals surface area (Å²) in [6.07, 6.45) is 4.80. The van der Waals surface area contributed by atoms with Crippen LogP contribution in [0.1, 0.15) is 52.9 Å². The predicted molar refractivity (Wildman–Crippen MR) is 99.3 cm³/mol. The maximum Gasteiger partial charge on any atom is 0.222 e. The molecule has 1 aliphatic heterocycles. The Morgan fingerprint density at radius 3 is 2.62 bits per heavy atom. The van der Waals surface area contributed by atoms with Gasteiger partial charge in [-0.25, -0.2) is 0 Å². The van der Waals surface area contributed by atoms with E-state index in [1.165, 1.54) is 0 Å². The highest BCUT2D eigenvalue weighted by atomic mass is 127. The van der Waals surface area contributed by atoms with Crippen LogP contribution >= 0.6 is 24.0 Å². The van der Waals surface area contributed by atoms with E-state index in [9.17, 15) is 4.79 Å². The van der Waals surface area contributed by atoms with Gasteiger partial charge in [0.2, 0.25) is 5.91 Å². The summed E-state index contributed by atoms with van der Waals surface area (Å²) in [4.78, 5) is 18.3. The van der Waals surface area contributed by atoms with Gasteiger partial charge in [-0.1, -0.05) is 13.8 Å². The molecule has 21 heavy (non-hydrogen) atoms. The smallest absolute Gasteiger partial charge is 0.222 e. The zero-order chi connectivity index (χ0) is 14.8. The summed E-state index contributed by atoms with van der Waals surface area (Å²) in [6, 6.07) is 0.367. The molecule has 0 aromatic carbocycles. The number of hydrogen-bond donors (Lipinski definition) is 2. The molecule has 6 heteroatoms. The summed E-state index contributed by atoms with van der Waals surface area (Å²) >= 11 is 0. The highest BCUT2D eigenvalue weighted by Crippen LogP contribution is 2.17. The average molecular weight is 410 g/mol. The fourth-order valence-electron chi connectivity index (χ4n) is 2.56. The molecular weight excluding hydrogens is 379 g/mol. The van der Waals surface area contributed by atoms with Crippen LogP contribution in [0.15, 0.2) is 4.99 Å². The Kier molecular flexibility index (Phi) is 11.8. The highest BCUT2D eigenvalue weighted by molar-refractivity contribution is 14.0. The van der Waals surface area contributed by atoms with E-state index in [1.807, 2.05) is 0 Å². The highest BCUT2D eigenvalue weighted by Gasteiger charge is 2.26. The van der Waals surface area contributed by atoms with E-state index in [0.717, 1.165) is 64.2 Å². The molecule has 0 radical (unpaired) electrons. The van der Waals surface area contributed by atoms with Crippen LogP contribution in [0.2, 0.25) is 0 Å². The van der Waals surface area contributed by atoms with Gasteiger partial charge < -0.3 is 15.5 Å². The molecule has 124 valence electrons. The van der Waals surface area contributed by atoms with Crippen molar-refractivity contribution in [2.75, 3.05) is 26.2 Å². The molecular formula is C15H31IN4O. The summed E-state index contributed by atoms with van der Waals surface area (Å²) < 4.78 is 0. The van der Waals surface area contributed by atoms with Crippen molar-refractivity contribution in [2.45, 2.75) is 58.9 Å². The molecule has 0 bridgehead atoms. The van der Waals surface area contributed by atoms with Gasteiger partial charge in [-0.15, -0.1) is 24.0 Å². The minimum atomic E-state index is 0. The molecule has 1 atom stereocenters. The first-order valence-corrected chi connectivity index (χ1v) is 8.04. The van der Waals surface area contributed by atoms with E-state index in [1.54, 1.807) is 0 Å². The fourth-order valence-corrected chi connectivity index (χ4v) is 2.56. The van der Waals surface area contributed by atoms with Crippen molar-refractivity contribution in [3.8, 4) is 0 Å². The average Bonchev–Trinajstić information content (AvgIpc) is 2.87. The quantitative estimate of drug-likeness (QED) is 0.367. The van der Waals surface area contributed by atoms with Gasteiger partial charge in [-0.3, -0.25) is 9.79 Å². The number of amides is 1. The number of guanidine groups is 1. The van der Waals surface area contributed by atoms with Crippen LogP contribution in [0.5, 0.6) is 0 Å². The number of halogens is 1. The standard InChI is InChI=1S/C15H30N4O.HI/c1-4-10-17-15(16-6-3)18-11-9-13(5-2)19-12-7-8-14(19)20;/h13H,4-12H2,1-3H3,(H2,16,17,18);1H. The van der Waals surface area contributed by atoms with E-state index < -0.39 is 0 Å². The van der Waals surface area contributed by atoms with Gasteiger partial charge in [0.05, 0.1) is 0 Å². The van der Waals surface area contributed by atoms with Crippen LogP contribution in [0, 0.1) is 0 Å². The van der Waals surface area contributed by atoms with Crippen molar-refractivity contribution < 1.29 is 4.79 Å². The Morgan fingerprint density at radius 1 is 1.33 bits per heavy atom. The van der Waals surface area contributed by atoms with Gasteiger partial charge in [0.15, 0.2) is 5.96 Å². The monoisotopic (exact) mass is 410 g/mol. The summed E-state index contributed by atoms with van der Waals surface area (Å²) in [6.45, 7) is 9.86. The lowest BCUT2D eigenvalue weighted by Gasteiger charge is -2.27. The molecule has 0 spiro atoms. The van der Waals surface area contributed by atoms with Crippen molar-refractivity contribution in [2.24, 2.45) is 4.99 Å². The van der Waals surface area contributed by atoms with Crippen molar-refractivity contribution >= 4 is 35.8 Å². The van der Waals surface area contributed by atoms with E-state index in [4.69, 9.17) is 0 Å². The first kappa shape index (κ1) is 20.5. The topological polar surface area (TPSA) is 56.7 Å². The Labute approximate surface area is 146 Å². The number of rotatable bonds is 8. The fraction of sp³-hybridized carbons (Fsp3) is 0.867. The lowest BCUT2D eigenvalue weighted by Crippen LogP contribution is -2.42. The van der Waals surface area contributed by atoms with Crippen LogP contribution in [0.4, 0.5) is 0 Å². The van der Waals surface area contributed by atoms with Gasteiger partial charge >= 0.3 is 0 Å². The Morgan fingerprint density at radius 2 is 2.10 bits per heavy atom. The largest absolute Gasteiger partial charge is 0.357 e. The van der Waals surface area contributed by atoms with Crippen molar-refractivity contribution in [3.05, 3.63) is 0 Å². The summed E-state index contributed by atoms with van der Waals surface area (Å²) in [5, 5.41) is 6.61. The molecule has 0 saturated carbocycles. The van der Waals surface area contributed by atoms with Crippen LogP contribution in [0.25, 0.3) is 0 Å². The second-order valence-corrected chi connectivity index (χ2v) is 5.23. The van der Waals surface area contributed by atoms with E-state index in [0.29, 0.717) is 11.9 Å². The lowest BCUT2D eigenvalue weighted by atomic mass is 10.1. The number of hydrogen-bond acceptors (Lipinski definition) is 2. The van der Waals surface area contributed by atoms with Gasteiger partial charge in [0, 0.05) is 38.6 Å². The molecule has 1 fully saturated rings. The molecule has 5 nitrogen and oxygen atoms in total. The summed E-state index contributed by atoms with van der Waals surface area (Å²) in [5.41, 5.74) is 0. The Balaban J connectivity index is 0.00000400. The molecule has 1 saturated heterocycles. The van der Waals surface area contributed by atoms with E-state index >= 15 is 0 Å². The zero-order valence-corrected chi connectivity index (χ0v) is 16.0. The van der Waals surface area contributed by atoms with Crippen LogP contribution in [-0.4, -0.2) is 49.0 Å². The Bertz CT molecular complexity index is 323. The van der Waals surface area contributed by atoms with Crippen LogP contribution in [0.3, 0.4) is 0 Å². The normalized spacial score (nSPS) is 16.6. The first-order chi connectivity index (χ1) is 9.72. The third-order valence-corrected chi connectivity index (χ3v) is 3.63. The number of likely N-dealkylation sites (tertiary alicyclic amines) is 1. The number of aliphatic imine (C=N–C) groups is 1. The molecule has 0 aromatic heterocycles. The SMILES string of the molecule is CCCN=C(NCC)NCCC(CC)N1CCCC1=O.I. The number of carbonyl (C=O) groups excluding carboxylic acids is 1. The maximum atomic E-state index is 11.8. The van der Waals surface area contributed by atoms with Gasteiger partial charge in [-0.05, 0) is 32.6 Å². The van der Waals surface area contributed by atoms with E-state index in [-0.39, 0.29) is 24.0 Å². The second kappa shape index (κ2) is 12.1. The van der Waals surface area contributed by atoms with Gasteiger partial charge in [0.1, 0.15) is 0 Å². The summed E-state index contributed by atoms with van der Waals surface area (Å²) in [5.74, 6) is 1.21. The van der Waals surface area contributed by atoms with Crippen LogP contribution in [-0.2, 0) is 4.79 Å². The first-order valence-electron chi connectivity index (χ1n) is 8.04. The van der Waals surface area contributed by atoms with Crippen molar-refractivity contribution in [1.29, 1.82) is 0 Å². The number of nitrogens with zero attached hydrogens (tertiary/aromatic N) is 2. The second-order valence-electron chi connectivity index (χ2n) is 5.23.